The van der Waals surface area contributed by atoms with Crippen molar-refractivity contribution in [2.45, 2.75) is 26.3 Å². The van der Waals surface area contributed by atoms with Gasteiger partial charge in [-0.2, -0.15) is 0 Å². The predicted molar refractivity (Wildman–Crippen MR) is 87.1 cm³/mol. The van der Waals surface area contributed by atoms with Gasteiger partial charge in [-0.3, -0.25) is 9.78 Å². The standard InChI is InChI=1S/C16H19BrN2O2/c1-3-18-14(10-15(20)21-4-2)12-7-8-13(17)11-6-5-9-19-16(11)12/h5-9,14,18H,3-4,10H2,1-2H3. The number of halogens is 1. The van der Waals surface area contributed by atoms with Crippen molar-refractivity contribution in [3.8, 4) is 0 Å². The molecule has 21 heavy (non-hydrogen) atoms. The van der Waals surface area contributed by atoms with Crippen molar-refractivity contribution in [1.29, 1.82) is 0 Å². The molecule has 1 aromatic carbocycles. The smallest absolute Gasteiger partial charge is 0.307 e. The molecule has 0 amide bonds. The van der Waals surface area contributed by atoms with Gasteiger partial charge in [0.1, 0.15) is 0 Å². The van der Waals surface area contributed by atoms with Gasteiger partial charge in [-0.05, 0) is 31.2 Å². The van der Waals surface area contributed by atoms with Crippen LogP contribution in [-0.4, -0.2) is 24.1 Å². The summed E-state index contributed by atoms with van der Waals surface area (Å²) in [5.74, 6) is -0.199. The van der Waals surface area contributed by atoms with Gasteiger partial charge in [-0.15, -0.1) is 0 Å². The van der Waals surface area contributed by atoms with Crippen LogP contribution in [0.5, 0.6) is 0 Å². The molecule has 0 radical (unpaired) electrons. The second-order valence-corrected chi connectivity index (χ2v) is 5.51. The van der Waals surface area contributed by atoms with Crippen molar-refractivity contribution >= 4 is 32.8 Å². The Balaban J connectivity index is 2.40. The maximum Gasteiger partial charge on any atom is 0.307 e. The first-order valence-corrected chi connectivity index (χ1v) is 7.88. The minimum Gasteiger partial charge on any atom is -0.466 e. The number of benzene rings is 1. The number of nitrogens with zero attached hydrogens (tertiary/aromatic N) is 1. The number of fused-ring (bicyclic) bond motifs is 1. The first kappa shape index (κ1) is 15.9. The van der Waals surface area contributed by atoms with E-state index in [0.717, 1.165) is 27.5 Å². The molecule has 4 nitrogen and oxygen atoms in total. The van der Waals surface area contributed by atoms with Crippen molar-refractivity contribution in [3.63, 3.8) is 0 Å². The largest absolute Gasteiger partial charge is 0.466 e. The molecule has 0 spiro atoms. The molecule has 1 unspecified atom stereocenters. The lowest BCUT2D eigenvalue weighted by atomic mass is 10.00. The van der Waals surface area contributed by atoms with Crippen LogP contribution in [0.1, 0.15) is 31.9 Å². The molecule has 1 atom stereocenters. The van der Waals surface area contributed by atoms with Crippen molar-refractivity contribution in [2.75, 3.05) is 13.2 Å². The molecule has 1 heterocycles. The number of pyridine rings is 1. The first-order valence-electron chi connectivity index (χ1n) is 7.09. The second-order valence-electron chi connectivity index (χ2n) is 4.66. The molecule has 5 heteroatoms. The van der Waals surface area contributed by atoms with Crippen LogP contribution in [0.3, 0.4) is 0 Å². The summed E-state index contributed by atoms with van der Waals surface area (Å²) in [5.41, 5.74) is 1.92. The fourth-order valence-electron chi connectivity index (χ4n) is 2.37. The summed E-state index contributed by atoms with van der Waals surface area (Å²) in [7, 11) is 0. The van der Waals surface area contributed by atoms with E-state index in [1.54, 1.807) is 6.20 Å². The number of ether oxygens (including phenoxy) is 1. The molecular formula is C16H19BrN2O2. The summed E-state index contributed by atoms with van der Waals surface area (Å²) in [6.45, 7) is 5.01. The van der Waals surface area contributed by atoms with E-state index in [9.17, 15) is 4.79 Å². The average molecular weight is 351 g/mol. The number of hydrogen-bond acceptors (Lipinski definition) is 4. The summed E-state index contributed by atoms with van der Waals surface area (Å²) in [4.78, 5) is 16.3. The number of esters is 1. The maximum absolute atomic E-state index is 11.8. The highest BCUT2D eigenvalue weighted by molar-refractivity contribution is 9.10. The Bertz CT molecular complexity index is 631. The minimum absolute atomic E-state index is 0.0976. The highest BCUT2D eigenvalue weighted by Gasteiger charge is 2.19. The zero-order valence-corrected chi connectivity index (χ0v) is 13.8. The van der Waals surface area contributed by atoms with E-state index in [2.05, 4.69) is 26.2 Å². The SMILES string of the molecule is CCNC(CC(=O)OCC)c1ccc(Br)c2cccnc12. The van der Waals surface area contributed by atoms with Crippen LogP contribution in [0.4, 0.5) is 0 Å². The number of hydrogen-bond donors (Lipinski definition) is 1. The summed E-state index contributed by atoms with van der Waals surface area (Å²) < 4.78 is 6.07. The van der Waals surface area contributed by atoms with Crippen molar-refractivity contribution in [3.05, 3.63) is 40.5 Å². The highest BCUT2D eigenvalue weighted by Crippen LogP contribution is 2.30. The van der Waals surface area contributed by atoms with Crippen LogP contribution in [0, 0.1) is 0 Å². The van der Waals surface area contributed by atoms with E-state index in [-0.39, 0.29) is 12.0 Å². The predicted octanol–water partition coefficient (Wildman–Crippen LogP) is 3.60. The molecule has 0 saturated heterocycles. The molecule has 0 aliphatic heterocycles. The lowest BCUT2D eigenvalue weighted by Crippen LogP contribution is -2.25. The van der Waals surface area contributed by atoms with Crippen molar-refractivity contribution in [2.24, 2.45) is 0 Å². The van der Waals surface area contributed by atoms with Gasteiger partial charge in [0.2, 0.25) is 0 Å². The zero-order chi connectivity index (χ0) is 15.2. The normalized spacial score (nSPS) is 12.3. The molecule has 2 rings (SSSR count). The molecule has 0 bridgehead atoms. The van der Waals surface area contributed by atoms with Gasteiger partial charge in [0.15, 0.2) is 0 Å². The van der Waals surface area contributed by atoms with E-state index >= 15 is 0 Å². The Morgan fingerprint density at radius 2 is 2.19 bits per heavy atom. The summed E-state index contributed by atoms with van der Waals surface area (Å²) in [6, 6.07) is 7.83. The van der Waals surface area contributed by atoms with Crippen molar-refractivity contribution in [1.82, 2.24) is 10.3 Å². The molecule has 0 saturated carbocycles. The fourth-order valence-corrected chi connectivity index (χ4v) is 2.82. The molecule has 2 aromatic rings. The van der Waals surface area contributed by atoms with Crippen LogP contribution in [0.25, 0.3) is 10.9 Å². The van der Waals surface area contributed by atoms with Crippen LogP contribution < -0.4 is 5.32 Å². The Labute approximate surface area is 133 Å². The third-order valence-corrected chi connectivity index (χ3v) is 3.94. The Hall–Kier alpha value is -1.46. The monoisotopic (exact) mass is 350 g/mol. The zero-order valence-electron chi connectivity index (χ0n) is 12.2. The Kier molecular flexibility index (Phi) is 5.70. The molecule has 1 aromatic heterocycles. The highest BCUT2D eigenvalue weighted by atomic mass is 79.9. The van der Waals surface area contributed by atoms with E-state index in [1.807, 2.05) is 38.1 Å². The van der Waals surface area contributed by atoms with Crippen LogP contribution in [0.2, 0.25) is 0 Å². The average Bonchev–Trinajstić information content (AvgIpc) is 2.48. The summed E-state index contributed by atoms with van der Waals surface area (Å²) in [6.07, 6.45) is 2.07. The fraction of sp³-hybridized carbons (Fsp3) is 0.375. The maximum atomic E-state index is 11.8. The van der Waals surface area contributed by atoms with Gasteiger partial charge in [0.25, 0.3) is 0 Å². The number of aromatic nitrogens is 1. The third kappa shape index (κ3) is 3.80. The topological polar surface area (TPSA) is 51.2 Å². The number of carbonyl (C=O) groups is 1. The Morgan fingerprint density at radius 3 is 2.90 bits per heavy atom. The van der Waals surface area contributed by atoms with Gasteiger partial charge in [-0.1, -0.05) is 35.0 Å². The second kappa shape index (κ2) is 7.52. The van der Waals surface area contributed by atoms with E-state index < -0.39 is 0 Å². The quantitative estimate of drug-likeness (QED) is 0.808. The minimum atomic E-state index is -0.199. The molecule has 0 fully saturated rings. The lowest BCUT2D eigenvalue weighted by molar-refractivity contribution is -0.143. The van der Waals surface area contributed by atoms with Gasteiger partial charge in [-0.25, -0.2) is 0 Å². The van der Waals surface area contributed by atoms with Crippen LogP contribution in [-0.2, 0) is 9.53 Å². The molecule has 0 aliphatic carbocycles. The van der Waals surface area contributed by atoms with Crippen LogP contribution >= 0.6 is 15.9 Å². The van der Waals surface area contributed by atoms with Gasteiger partial charge >= 0.3 is 5.97 Å². The third-order valence-electron chi connectivity index (χ3n) is 3.25. The Morgan fingerprint density at radius 1 is 1.38 bits per heavy atom. The van der Waals surface area contributed by atoms with E-state index in [0.29, 0.717) is 13.0 Å². The molecule has 112 valence electrons. The van der Waals surface area contributed by atoms with Gasteiger partial charge in [0.05, 0.1) is 18.5 Å². The van der Waals surface area contributed by atoms with Gasteiger partial charge in [0, 0.05) is 22.1 Å². The molecule has 0 aliphatic rings. The van der Waals surface area contributed by atoms with Crippen molar-refractivity contribution < 1.29 is 9.53 Å². The number of nitrogens with one attached hydrogen (secondary N) is 1. The van der Waals surface area contributed by atoms with Crippen LogP contribution in [0.15, 0.2) is 34.9 Å². The first-order chi connectivity index (χ1) is 10.2. The molecular weight excluding hydrogens is 332 g/mol. The van der Waals surface area contributed by atoms with E-state index in [4.69, 9.17) is 4.74 Å². The number of carbonyl (C=O) groups excluding carboxylic acids is 1. The molecule has 1 N–H and O–H groups in total. The summed E-state index contributed by atoms with van der Waals surface area (Å²) >= 11 is 3.54. The lowest BCUT2D eigenvalue weighted by Gasteiger charge is -2.19. The van der Waals surface area contributed by atoms with E-state index in [1.165, 1.54) is 0 Å². The number of rotatable bonds is 6. The van der Waals surface area contributed by atoms with Gasteiger partial charge < -0.3 is 10.1 Å². The summed E-state index contributed by atoms with van der Waals surface area (Å²) in [5, 5.41) is 4.39.